The minimum Gasteiger partial charge on any atom is -0.496 e. The minimum absolute atomic E-state index is 0.0263. The van der Waals surface area contributed by atoms with Crippen molar-refractivity contribution in [3.8, 4) is 29.4 Å². The van der Waals surface area contributed by atoms with E-state index >= 15 is 0 Å². The smallest absolute Gasteiger partial charge is 0.186 e. The highest BCUT2D eigenvalue weighted by Crippen LogP contribution is 2.42. The minimum atomic E-state index is -1.65. The molecule has 0 aliphatic carbocycles. The van der Waals surface area contributed by atoms with E-state index in [1.165, 1.54) is 45.6 Å². The number of nitrogens with zero attached hydrogens (tertiary/aromatic N) is 2. The van der Waals surface area contributed by atoms with Crippen LogP contribution in [0, 0.1) is 40.1 Å². The lowest BCUT2D eigenvalue weighted by Crippen LogP contribution is -2.08. The van der Waals surface area contributed by atoms with Crippen LogP contribution in [0.15, 0.2) is 12.1 Å². The van der Waals surface area contributed by atoms with E-state index in [0.717, 1.165) is 0 Å². The number of nitrogens with one attached hydrogen (secondary N) is 1. The van der Waals surface area contributed by atoms with Crippen LogP contribution in [0.1, 0.15) is 11.1 Å². The maximum Gasteiger partial charge on any atom is 0.186 e. The summed E-state index contributed by atoms with van der Waals surface area (Å²) >= 11 is 0. The van der Waals surface area contributed by atoms with Crippen molar-refractivity contribution in [3.63, 3.8) is 0 Å². The van der Waals surface area contributed by atoms with Gasteiger partial charge in [-0.25, -0.2) is 13.2 Å². The molecule has 0 amide bonds. The Bertz CT molecular complexity index is 924. The second kappa shape index (κ2) is 7.53. The highest BCUT2D eigenvalue weighted by atomic mass is 19.2. The van der Waals surface area contributed by atoms with Crippen LogP contribution in [0.2, 0.25) is 0 Å². The number of halogens is 3. The molecular formula is C17H12F3N3O3. The van der Waals surface area contributed by atoms with Crippen LogP contribution in [0.25, 0.3) is 0 Å². The van der Waals surface area contributed by atoms with Gasteiger partial charge in [-0.15, -0.1) is 0 Å². The van der Waals surface area contributed by atoms with Gasteiger partial charge in [-0.05, 0) is 0 Å². The monoisotopic (exact) mass is 363 g/mol. The largest absolute Gasteiger partial charge is 0.496 e. The van der Waals surface area contributed by atoms with Crippen molar-refractivity contribution >= 4 is 11.4 Å². The van der Waals surface area contributed by atoms with Crippen molar-refractivity contribution in [2.75, 3.05) is 26.6 Å². The third-order valence-corrected chi connectivity index (χ3v) is 3.51. The normalized spacial score (nSPS) is 9.85. The molecule has 0 atom stereocenters. The molecule has 0 unspecified atom stereocenters. The van der Waals surface area contributed by atoms with Gasteiger partial charge in [0.1, 0.15) is 51.9 Å². The van der Waals surface area contributed by atoms with Gasteiger partial charge in [0.2, 0.25) is 0 Å². The van der Waals surface area contributed by atoms with Gasteiger partial charge in [0.25, 0.3) is 0 Å². The molecule has 0 fully saturated rings. The summed E-state index contributed by atoms with van der Waals surface area (Å²) in [5.74, 6) is -4.19. The molecule has 0 aliphatic heterocycles. The molecule has 0 aliphatic rings. The van der Waals surface area contributed by atoms with Crippen molar-refractivity contribution in [2.45, 2.75) is 0 Å². The number of benzene rings is 2. The van der Waals surface area contributed by atoms with E-state index in [-0.39, 0.29) is 17.2 Å². The molecule has 2 rings (SSSR count). The zero-order chi connectivity index (χ0) is 19.4. The van der Waals surface area contributed by atoms with E-state index in [1.807, 2.05) is 0 Å². The Morgan fingerprint density at radius 1 is 0.769 bits per heavy atom. The lowest BCUT2D eigenvalue weighted by atomic mass is 10.1. The lowest BCUT2D eigenvalue weighted by Gasteiger charge is -2.18. The van der Waals surface area contributed by atoms with E-state index in [9.17, 15) is 13.2 Å². The summed E-state index contributed by atoms with van der Waals surface area (Å²) in [5, 5.41) is 20.2. The quantitative estimate of drug-likeness (QED) is 0.817. The van der Waals surface area contributed by atoms with Gasteiger partial charge >= 0.3 is 0 Å². The zero-order valence-electron chi connectivity index (χ0n) is 13.9. The number of anilines is 2. The maximum atomic E-state index is 14.5. The highest BCUT2D eigenvalue weighted by Gasteiger charge is 2.27. The molecule has 0 bridgehead atoms. The zero-order valence-corrected chi connectivity index (χ0v) is 13.9. The lowest BCUT2D eigenvalue weighted by molar-refractivity contribution is 0.378. The van der Waals surface area contributed by atoms with E-state index in [2.05, 4.69) is 5.32 Å². The molecule has 2 aromatic carbocycles. The van der Waals surface area contributed by atoms with E-state index in [4.69, 9.17) is 24.7 Å². The van der Waals surface area contributed by atoms with Crippen LogP contribution in [-0.2, 0) is 0 Å². The molecule has 0 spiro atoms. The molecule has 0 aromatic heterocycles. The summed E-state index contributed by atoms with van der Waals surface area (Å²) in [6.07, 6.45) is 0. The maximum absolute atomic E-state index is 14.5. The van der Waals surface area contributed by atoms with Gasteiger partial charge in [-0.2, -0.15) is 10.5 Å². The Kier molecular flexibility index (Phi) is 5.43. The van der Waals surface area contributed by atoms with Gasteiger partial charge in [-0.3, -0.25) is 0 Å². The first kappa shape index (κ1) is 18.7. The fraction of sp³-hybridized carbons (Fsp3) is 0.176. The number of ether oxygens (including phenoxy) is 3. The van der Waals surface area contributed by atoms with Crippen molar-refractivity contribution in [1.82, 2.24) is 0 Å². The standard InChI is InChI=1S/C17H12F3N3O3/c1-24-8-4-11(25-2)16(12(5-8)26-3)23-17-14(19)10(7-22)9(6-21)13(18)15(17)20/h4-5,23H,1-3H3. The molecule has 6 nitrogen and oxygen atoms in total. The fourth-order valence-electron chi connectivity index (χ4n) is 2.23. The van der Waals surface area contributed by atoms with Gasteiger partial charge in [-0.1, -0.05) is 0 Å². The SMILES string of the molecule is COc1cc(OC)c(Nc2c(F)c(F)c(C#N)c(C#N)c2F)c(OC)c1. The van der Waals surface area contributed by atoms with Crippen LogP contribution in [0.5, 0.6) is 17.2 Å². The molecule has 26 heavy (non-hydrogen) atoms. The van der Waals surface area contributed by atoms with Crippen LogP contribution >= 0.6 is 0 Å². The summed E-state index contributed by atoms with van der Waals surface area (Å²) < 4.78 is 58.2. The average molecular weight is 363 g/mol. The number of rotatable bonds is 5. The molecule has 9 heteroatoms. The Morgan fingerprint density at radius 3 is 1.69 bits per heavy atom. The molecule has 0 heterocycles. The molecule has 2 aromatic rings. The third-order valence-electron chi connectivity index (χ3n) is 3.51. The first-order chi connectivity index (χ1) is 12.4. The molecule has 0 saturated carbocycles. The number of hydrogen-bond donors (Lipinski definition) is 1. The predicted octanol–water partition coefficient (Wildman–Crippen LogP) is 3.62. The third kappa shape index (κ3) is 3.03. The average Bonchev–Trinajstić information content (AvgIpc) is 2.67. The van der Waals surface area contributed by atoms with Crippen LogP contribution in [-0.4, -0.2) is 21.3 Å². The van der Waals surface area contributed by atoms with E-state index in [1.54, 1.807) is 0 Å². The number of methoxy groups -OCH3 is 3. The first-order valence-corrected chi connectivity index (χ1v) is 7.01. The topological polar surface area (TPSA) is 87.3 Å². The molecule has 134 valence electrons. The summed E-state index contributed by atoms with van der Waals surface area (Å²) in [5.41, 5.74) is -2.91. The fourth-order valence-corrected chi connectivity index (χ4v) is 2.23. The second-order valence-corrected chi connectivity index (χ2v) is 4.82. The van der Waals surface area contributed by atoms with E-state index < -0.39 is 34.3 Å². The van der Waals surface area contributed by atoms with Crippen LogP contribution < -0.4 is 19.5 Å². The predicted molar refractivity (Wildman–Crippen MR) is 85.1 cm³/mol. The Morgan fingerprint density at radius 2 is 1.27 bits per heavy atom. The van der Waals surface area contributed by atoms with Crippen molar-refractivity contribution in [1.29, 1.82) is 10.5 Å². The van der Waals surface area contributed by atoms with Crippen molar-refractivity contribution < 1.29 is 27.4 Å². The van der Waals surface area contributed by atoms with Crippen molar-refractivity contribution in [2.24, 2.45) is 0 Å². The summed E-state index contributed by atoms with van der Waals surface area (Å²) in [4.78, 5) is 0. The van der Waals surface area contributed by atoms with Crippen LogP contribution in [0.3, 0.4) is 0 Å². The summed E-state index contributed by atoms with van der Waals surface area (Å²) in [7, 11) is 3.99. The van der Waals surface area contributed by atoms with Gasteiger partial charge in [0.05, 0.1) is 21.3 Å². The van der Waals surface area contributed by atoms with Gasteiger partial charge in [0, 0.05) is 12.1 Å². The Balaban J connectivity index is 2.73. The van der Waals surface area contributed by atoms with E-state index in [0.29, 0.717) is 5.75 Å². The highest BCUT2D eigenvalue weighted by molar-refractivity contribution is 5.76. The number of nitriles is 2. The summed E-state index contributed by atoms with van der Waals surface area (Å²) in [6, 6.07) is 5.45. The Hall–Kier alpha value is -3.59. The van der Waals surface area contributed by atoms with Gasteiger partial charge in [0.15, 0.2) is 17.5 Å². The van der Waals surface area contributed by atoms with Gasteiger partial charge < -0.3 is 19.5 Å². The molecule has 1 N–H and O–H groups in total. The Labute approximate surface area is 146 Å². The molecule has 0 radical (unpaired) electrons. The molecule has 0 saturated heterocycles. The summed E-state index contributed by atoms with van der Waals surface area (Å²) in [6.45, 7) is 0. The van der Waals surface area contributed by atoms with Crippen LogP contribution in [0.4, 0.5) is 24.5 Å². The van der Waals surface area contributed by atoms with Crippen molar-refractivity contribution in [3.05, 3.63) is 40.7 Å². The second-order valence-electron chi connectivity index (χ2n) is 4.82. The number of hydrogen-bond acceptors (Lipinski definition) is 6. The molecular weight excluding hydrogens is 351 g/mol. The first-order valence-electron chi connectivity index (χ1n) is 7.01.